The zero-order valence-electron chi connectivity index (χ0n) is 15.9. The lowest BCUT2D eigenvalue weighted by Crippen LogP contribution is -2.18. The Hall–Kier alpha value is -2.33. The summed E-state index contributed by atoms with van der Waals surface area (Å²) in [6.45, 7) is 7.73. The summed E-state index contributed by atoms with van der Waals surface area (Å²) in [6.07, 6.45) is 5.08. The zero-order valence-corrected chi connectivity index (χ0v) is 18.3. The quantitative estimate of drug-likeness (QED) is 0.396. The fraction of sp³-hybridized carbons (Fsp3) is 0.353. The van der Waals surface area contributed by atoms with Crippen molar-refractivity contribution in [2.45, 2.75) is 34.1 Å². The topological polar surface area (TPSA) is 105 Å². The molecule has 0 radical (unpaired) electrons. The maximum Gasteiger partial charge on any atom is 0.276 e. The van der Waals surface area contributed by atoms with E-state index in [1.54, 1.807) is 24.9 Å². The van der Waals surface area contributed by atoms with E-state index in [2.05, 4.69) is 64.5 Å². The molecule has 1 amide bonds. The van der Waals surface area contributed by atoms with Crippen molar-refractivity contribution in [3.05, 3.63) is 44.6 Å². The van der Waals surface area contributed by atoms with Gasteiger partial charge in [0.15, 0.2) is 0 Å². The first-order chi connectivity index (χ1) is 12.9. The number of nitrogens with zero attached hydrogens (tertiary/aromatic N) is 4. The number of anilines is 1. The summed E-state index contributed by atoms with van der Waals surface area (Å²) in [7, 11) is 1.77. The van der Waals surface area contributed by atoms with Crippen LogP contribution in [0, 0.1) is 6.92 Å². The highest BCUT2D eigenvalue weighted by Gasteiger charge is 2.12. The first-order valence-electron chi connectivity index (χ1n) is 8.12. The normalized spacial score (nSPS) is 12.3. The molecule has 0 bridgehead atoms. The first kappa shape index (κ1) is 22.7. The number of allylic oxidation sites excluding steroid dienone is 3. The molecule has 2 rings (SSSR count). The van der Waals surface area contributed by atoms with Crippen LogP contribution >= 0.6 is 27.3 Å². The average molecular weight is 455 g/mol. The number of carbonyl (C=O) groups excluding carboxylic acids is 1. The molecular weight excluding hydrogens is 432 g/mol. The molecule has 0 aliphatic rings. The van der Waals surface area contributed by atoms with Gasteiger partial charge in [0.05, 0.1) is 11.3 Å². The number of aromatic nitrogens is 3. The van der Waals surface area contributed by atoms with Crippen molar-refractivity contribution in [1.82, 2.24) is 20.6 Å². The summed E-state index contributed by atoms with van der Waals surface area (Å²) in [5.41, 5.74) is 3.55. The van der Waals surface area contributed by atoms with Crippen LogP contribution in [0.3, 0.4) is 0 Å². The van der Waals surface area contributed by atoms with Crippen LogP contribution in [0.15, 0.2) is 42.8 Å². The van der Waals surface area contributed by atoms with Crippen molar-refractivity contribution >= 4 is 44.8 Å². The SMILES string of the molecule is C/C=C(\C=C(\Br)CC)NC(C)=NC.Cc1nonc1NC(=O)c1cscn1. The lowest BCUT2D eigenvalue weighted by atomic mass is 10.3. The van der Waals surface area contributed by atoms with Crippen molar-refractivity contribution in [2.75, 3.05) is 12.4 Å². The van der Waals surface area contributed by atoms with Gasteiger partial charge in [0.1, 0.15) is 11.4 Å². The number of amides is 1. The number of hydrogen-bond acceptors (Lipinski definition) is 7. The van der Waals surface area contributed by atoms with E-state index in [0.29, 0.717) is 17.2 Å². The molecule has 0 spiro atoms. The summed E-state index contributed by atoms with van der Waals surface area (Å²) >= 11 is 4.82. The Morgan fingerprint density at radius 2 is 2.19 bits per heavy atom. The molecular formula is C17H23BrN6O2S. The molecule has 0 atom stereocenters. The molecule has 0 saturated heterocycles. The monoisotopic (exact) mass is 454 g/mol. The Kier molecular flexibility index (Phi) is 10.2. The molecule has 2 aromatic heterocycles. The Bertz CT molecular complexity index is 811. The van der Waals surface area contributed by atoms with E-state index in [9.17, 15) is 4.79 Å². The third-order valence-corrected chi connectivity index (χ3v) is 4.55. The van der Waals surface area contributed by atoms with Gasteiger partial charge in [-0.15, -0.1) is 11.3 Å². The number of halogens is 1. The fourth-order valence-corrected chi connectivity index (χ4v) is 2.35. The van der Waals surface area contributed by atoms with Crippen molar-refractivity contribution in [1.29, 1.82) is 0 Å². The van der Waals surface area contributed by atoms with Gasteiger partial charge >= 0.3 is 0 Å². The maximum absolute atomic E-state index is 11.4. The van der Waals surface area contributed by atoms with Crippen molar-refractivity contribution in [3.63, 3.8) is 0 Å². The minimum absolute atomic E-state index is 0.315. The third-order valence-electron chi connectivity index (χ3n) is 3.17. The molecule has 10 heteroatoms. The summed E-state index contributed by atoms with van der Waals surface area (Å²) in [4.78, 5) is 19.3. The van der Waals surface area contributed by atoms with E-state index >= 15 is 0 Å². The number of aliphatic imine (C=N–C) groups is 1. The molecule has 2 heterocycles. The van der Waals surface area contributed by atoms with E-state index in [4.69, 9.17) is 0 Å². The second-order valence-corrected chi connectivity index (χ2v) is 6.89. The van der Waals surface area contributed by atoms with Crippen LogP contribution in [-0.4, -0.2) is 34.1 Å². The minimum Gasteiger partial charge on any atom is -0.345 e. The predicted octanol–water partition coefficient (Wildman–Crippen LogP) is 4.30. The molecule has 0 aromatic carbocycles. The molecule has 8 nitrogen and oxygen atoms in total. The lowest BCUT2D eigenvalue weighted by molar-refractivity contribution is 0.102. The number of thiazole rings is 1. The Morgan fingerprint density at radius 3 is 2.67 bits per heavy atom. The summed E-state index contributed by atoms with van der Waals surface area (Å²) < 4.78 is 5.61. The fourth-order valence-electron chi connectivity index (χ4n) is 1.57. The van der Waals surface area contributed by atoms with Crippen LogP contribution in [0.2, 0.25) is 0 Å². The lowest BCUT2D eigenvalue weighted by Gasteiger charge is -2.05. The first-order valence-corrected chi connectivity index (χ1v) is 9.86. The van der Waals surface area contributed by atoms with Gasteiger partial charge in [-0.25, -0.2) is 9.61 Å². The number of nitrogens with one attached hydrogen (secondary N) is 2. The number of aryl methyl sites for hydroxylation is 1. The van der Waals surface area contributed by atoms with Crippen LogP contribution < -0.4 is 10.6 Å². The van der Waals surface area contributed by atoms with Gasteiger partial charge in [-0.1, -0.05) is 34.1 Å². The Morgan fingerprint density at radius 1 is 1.44 bits per heavy atom. The highest BCUT2D eigenvalue weighted by atomic mass is 79.9. The predicted molar refractivity (Wildman–Crippen MR) is 112 cm³/mol. The molecule has 0 aliphatic heterocycles. The third kappa shape index (κ3) is 8.27. The Balaban J connectivity index is 0.000000271. The van der Waals surface area contributed by atoms with Gasteiger partial charge in [-0.3, -0.25) is 9.79 Å². The van der Waals surface area contributed by atoms with E-state index < -0.39 is 0 Å². The van der Waals surface area contributed by atoms with E-state index in [1.807, 2.05) is 19.9 Å². The van der Waals surface area contributed by atoms with Gasteiger partial charge in [0.2, 0.25) is 5.82 Å². The molecule has 27 heavy (non-hydrogen) atoms. The second-order valence-electron chi connectivity index (χ2n) is 5.15. The summed E-state index contributed by atoms with van der Waals surface area (Å²) in [6, 6.07) is 0. The number of carbonyl (C=O) groups is 1. The Labute approximate surface area is 171 Å². The molecule has 0 aliphatic carbocycles. The molecule has 2 aromatic rings. The molecule has 0 fully saturated rings. The number of amidine groups is 1. The largest absolute Gasteiger partial charge is 0.345 e. The molecule has 0 saturated carbocycles. The van der Waals surface area contributed by atoms with Crippen LogP contribution in [0.5, 0.6) is 0 Å². The standard InChI is InChI=1S/C10H17BrN2.C7H6N4O2S/c1-5-9(11)7-10(6-2)13-8(3)12-4;1-4-6(11-13-10-4)9-7(12)5-2-14-3-8-5/h6-7H,5H2,1-4H3,(H,12,13);2-3H,1H3,(H,9,11,12)/b9-7+,10-6+;. The van der Waals surface area contributed by atoms with Crippen molar-refractivity contribution in [3.8, 4) is 0 Å². The zero-order chi connectivity index (χ0) is 20.2. The van der Waals surface area contributed by atoms with E-state index in [0.717, 1.165) is 18.0 Å². The summed E-state index contributed by atoms with van der Waals surface area (Å²) in [5, 5.41) is 14.4. The van der Waals surface area contributed by atoms with Gasteiger partial charge in [-0.2, -0.15) is 0 Å². The van der Waals surface area contributed by atoms with E-state index in [-0.39, 0.29) is 5.91 Å². The van der Waals surface area contributed by atoms with Crippen LogP contribution in [-0.2, 0) is 0 Å². The minimum atomic E-state index is -0.315. The molecule has 2 N–H and O–H groups in total. The molecule has 0 unspecified atom stereocenters. The smallest absolute Gasteiger partial charge is 0.276 e. The van der Waals surface area contributed by atoms with E-state index in [1.165, 1.54) is 15.8 Å². The highest BCUT2D eigenvalue weighted by molar-refractivity contribution is 9.11. The maximum atomic E-state index is 11.4. The van der Waals surface area contributed by atoms with Crippen molar-refractivity contribution < 1.29 is 9.42 Å². The number of hydrogen-bond donors (Lipinski definition) is 2. The number of rotatable bonds is 5. The van der Waals surface area contributed by atoms with Gasteiger partial charge < -0.3 is 10.6 Å². The van der Waals surface area contributed by atoms with Gasteiger partial charge in [-0.05, 0) is 42.9 Å². The van der Waals surface area contributed by atoms with Gasteiger partial charge in [0, 0.05) is 18.1 Å². The van der Waals surface area contributed by atoms with Crippen LogP contribution in [0.1, 0.15) is 43.4 Å². The van der Waals surface area contributed by atoms with Crippen molar-refractivity contribution in [2.24, 2.45) is 4.99 Å². The van der Waals surface area contributed by atoms with Gasteiger partial charge in [0.25, 0.3) is 5.91 Å². The second kappa shape index (κ2) is 12.1. The summed E-state index contributed by atoms with van der Waals surface area (Å²) in [5.74, 6) is 0.925. The molecule has 146 valence electrons. The van der Waals surface area contributed by atoms with Crippen LogP contribution in [0.4, 0.5) is 5.82 Å². The highest BCUT2D eigenvalue weighted by Crippen LogP contribution is 2.11. The van der Waals surface area contributed by atoms with Crippen LogP contribution in [0.25, 0.3) is 0 Å². The average Bonchev–Trinajstić information content (AvgIpc) is 3.33.